The highest BCUT2D eigenvalue weighted by atomic mass is 19.1. The Bertz CT molecular complexity index is 541. The van der Waals surface area contributed by atoms with Crippen molar-refractivity contribution >= 4 is 5.95 Å². The maximum atomic E-state index is 13.4. The van der Waals surface area contributed by atoms with Crippen molar-refractivity contribution < 1.29 is 8.78 Å². The number of aryl methyl sites for hydroxylation is 1. The molecule has 0 saturated heterocycles. The summed E-state index contributed by atoms with van der Waals surface area (Å²) in [5.41, 5.74) is 6.35. The molecule has 0 spiro atoms. The lowest BCUT2D eigenvalue weighted by Gasteiger charge is -2.04. The summed E-state index contributed by atoms with van der Waals surface area (Å²) in [6.07, 6.45) is 0.996. The van der Waals surface area contributed by atoms with E-state index in [1.807, 2.05) is 0 Å². The fraction of sp³-hybridized carbons (Fsp3) is 0.0909. The molecule has 2 N–H and O–H groups in total. The molecule has 0 radical (unpaired) electrons. The van der Waals surface area contributed by atoms with Gasteiger partial charge in [0.05, 0.1) is 6.20 Å². The molecule has 1 aromatic heterocycles. The Morgan fingerprint density at radius 3 is 2.62 bits per heavy atom. The van der Waals surface area contributed by atoms with Gasteiger partial charge in [0, 0.05) is 5.56 Å². The minimum Gasteiger partial charge on any atom is -0.368 e. The number of rotatable bonds is 1. The highest BCUT2D eigenvalue weighted by molar-refractivity contribution is 5.61. The summed E-state index contributed by atoms with van der Waals surface area (Å²) in [6, 6.07) is 4.23. The fourth-order valence-electron chi connectivity index (χ4n) is 1.38. The number of nitrogens with two attached hydrogens (primary N) is 1. The van der Waals surface area contributed by atoms with Crippen molar-refractivity contribution in [1.82, 2.24) is 9.97 Å². The molecule has 2 aromatic rings. The minimum atomic E-state index is -0.583. The van der Waals surface area contributed by atoms with Gasteiger partial charge in [0.2, 0.25) is 5.95 Å². The van der Waals surface area contributed by atoms with E-state index in [0.717, 1.165) is 6.20 Å². The maximum absolute atomic E-state index is 13.4. The van der Waals surface area contributed by atoms with Gasteiger partial charge in [0.15, 0.2) is 5.82 Å². The normalized spacial score (nSPS) is 10.4. The monoisotopic (exact) mass is 221 g/mol. The van der Waals surface area contributed by atoms with Crippen LogP contribution in [0, 0.1) is 18.6 Å². The zero-order chi connectivity index (χ0) is 11.7. The van der Waals surface area contributed by atoms with E-state index in [9.17, 15) is 8.78 Å². The van der Waals surface area contributed by atoms with Gasteiger partial charge in [-0.3, -0.25) is 0 Å². The van der Waals surface area contributed by atoms with Crippen LogP contribution in [-0.2, 0) is 0 Å². The first-order valence-electron chi connectivity index (χ1n) is 4.62. The van der Waals surface area contributed by atoms with Crippen molar-refractivity contribution in [2.75, 3.05) is 5.73 Å². The van der Waals surface area contributed by atoms with Gasteiger partial charge in [0.25, 0.3) is 0 Å². The molecule has 0 amide bonds. The number of nitrogens with zero attached hydrogens (tertiary/aromatic N) is 2. The average Bonchev–Trinajstić information content (AvgIpc) is 2.26. The number of anilines is 1. The third-order valence-corrected chi connectivity index (χ3v) is 2.19. The van der Waals surface area contributed by atoms with Crippen LogP contribution >= 0.6 is 0 Å². The maximum Gasteiger partial charge on any atom is 0.220 e. The van der Waals surface area contributed by atoms with Crippen molar-refractivity contribution in [2.45, 2.75) is 6.92 Å². The van der Waals surface area contributed by atoms with Crippen molar-refractivity contribution in [3.05, 3.63) is 41.6 Å². The van der Waals surface area contributed by atoms with Crippen LogP contribution in [0.1, 0.15) is 5.56 Å². The fourth-order valence-corrected chi connectivity index (χ4v) is 1.38. The van der Waals surface area contributed by atoms with E-state index in [2.05, 4.69) is 9.97 Å². The molecule has 5 heteroatoms. The highest BCUT2D eigenvalue weighted by Crippen LogP contribution is 2.22. The van der Waals surface area contributed by atoms with Gasteiger partial charge in [0.1, 0.15) is 11.5 Å². The van der Waals surface area contributed by atoms with E-state index in [-0.39, 0.29) is 17.5 Å². The molecule has 1 aromatic carbocycles. The molecular weight excluding hydrogens is 212 g/mol. The second-order valence-electron chi connectivity index (χ2n) is 3.39. The van der Waals surface area contributed by atoms with Gasteiger partial charge >= 0.3 is 0 Å². The minimum absolute atomic E-state index is 0.0154. The molecular formula is C11H9F2N3. The summed E-state index contributed by atoms with van der Waals surface area (Å²) >= 11 is 0. The Balaban J connectivity index is 2.58. The summed E-state index contributed by atoms with van der Waals surface area (Å²) in [5.74, 6) is -0.940. The lowest BCUT2D eigenvalue weighted by molar-refractivity contribution is 0.614. The standard InChI is InChI=1S/C11H9F2N3/c1-6-4-7(2-3-8(6)12)10-9(13)5-15-11(14)16-10/h2-5H,1H3,(H2,14,15,16). The van der Waals surface area contributed by atoms with Gasteiger partial charge < -0.3 is 5.73 Å². The van der Waals surface area contributed by atoms with Crippen LogP contribution in [0.3, 0.4) is 0 Å². The van der Waals surface area contributed by atoms with Crippen LogP contribution in [0.2, 0.25) is 0 Å². The van der Waals surface area contributed by atoms with Gasteiger partial charge in [-0.1, -0.05) is 0 Å². The SMILES string of the molecule is Cc1cc(-c2nc(N)ncc2F)ccc1F. The quantitative estimate of drug-likeness (QED) is 0.803. The number of aromatic nitrogens is 2. The highest BCUT2D eigenvalue weighted by Gasteiger charge is 2.09. The predicted molar refractivity (Wildman–Crippen MR) is 56.5 cm³/mol. The molecule has 82 valence electrons. The van der Waals surface area contributed by atoms with Crippen LogP contribution < -0.4 is 5.73 Å². The van der Waals surface area contributed by atoms with Crippen LogP contribution in [0.5, 0.6) is 0 Å². The molecule has 0 aliphatic rings. The predicted octanol–water partition coefficient (Wildman–Crippen LogP) is 2.31. The zero-order valence-electron chi connectivity index (χ0n) is 8.54. The van der Waals surface area contributed by atoms with E-state index in [0.29, 0.717) is 11.1 Å². The molecule has 0 atom stereocenters. The Kier molecular flexibility index (Phi) is 2.52. The number of halogens is 2. The molecule has 3 nitrogen and oxygen atoms in total. The van der Waals surface area contributed by atoms with E-state index < -0.39 is 5.82 Å². The van der Waals surface area contributed by atoms with Crippen molar-refractivity contribution in [3.63, 3.8) is 0 Å². The molecule has 0 aliphatic heterocycles. The Morgan fingerprint density at radius 2 is 1.94 bits per heavy atom. The van der Waals surface area contributed by atoms with E-state index in [1.165, 1.54) is 18.2 Å². The van der Waals surface area contributed by atoms with Crippen LogP contribution in [-0.4, -0.2) is 9.97 Å². The summed E-state index contributed by atoms with van der Waals surface area (Å²) in [7, 11) is 0. The lowest BCUT2D eigenvalue weighted by atomic mass is 10.1. The van der Waals surface area contributed by atoms with Crippen molar-refractivity contribution in [3.8, 4) is 11.3 Å². The molecule has 1 heterocycles. The van der Waals surface area contributed by atoms with E-state index >= 15 is 0 Å². The number of benzene rings is 1. The van der Waals surface area contributed by atoms with E-state index in [1.54, 1.807) is 6.92 Å². The van der Waals surface area contributed by atoms with Gasteiger partial charge in [-0.25, -0.2) is 18.7 Å². The van der Waals surface area contributed by atoms with Crippen LogP contribution in [0.15, 0.2) is 24.4 Å². The first-order valence-corrected chi connectivity index (χ1v) is 4.62. The molecule has 16 heavy (non-hydrogen) atoms. The van der Waals surface area contributed by atoms with E-state index in [4.69, 9.17) is 5.73 Å². The Labute approximate surface area is 91.0 Å². The molecule has 0 unspecified atom stereocenters. The summed E-state index contributed by atoms with van der Waals surface area (Å²) in [5, 5.41) is 0. The van der Waals surface area contributed by atoms with Gasteiger partial charge in [-0.15, -0.1) is 0 Å². The Morgan fingerprint density at radius 1 is 1.19 bits per heavy atom. The molecule has 0 saturated carbocycles. The smallest absolute Gasteiger partial charge is 0.220 e. The van der Waals surface area contributed by atoms with Crippen LogP contribution in [0.4, 0.5) is 14.7 Å². The molecule has 0 bridgehead atoms. The van der Waals surface area contributed by atoms with Crippen LogP contribution in [0.25, 0.3) is 11.3 Å². The lowest BCUT2D eigenvalue weighted by Crippen LogP contribution is -1.99. The largest absolute Gasteiger partial charge is 0.368 e. The number of hydrogen-bond acceptors (Lipinski definition) is 3. The number of nitrogen functional groups attached to an aromatic ring is 1. The second-order valence-corrected chi connectivity index (χ2v) is 3.39. The molecule has 0 fully saturated rings. The third kappa shape index (κ3) is 1.84. The van der Waals surface area contributed by atoms with Gasteiger partial charge in [-0.05, 0) is 30.7 Å². The van der Waals surface area contributed by atoms with Gasteiger partial charge in [-0.2, -0.15) is 0 Å². The first kappa shape index (κ1) is 10.5. The summed E-state index contributed by atoms with van der Waals surface area (Å²) in [4.78, 5) is 7.31. The topological polar surface area (TPSA) is 51.8 Å². The Hall–Kier alpha value is -2.04. The molecule has 0 aliphatic carbocycles. The summed E-state index contributed by atoms with van der Waals surface area (Å²) < 4.78 is 26.5. The third-order valence-electron chi connectivity index (χ3n) is 2.19. The zero-order valence-corrected chi connectivity index (χ0v) is 8.54. The summed E-state index contributed by atoms with van der Waals surface area (Å²) in [6.45, 7) is 1.60. The number of hydrogen-bond donors (Lipinski definition) is 1. The first-order chi connectivity index (χ1) is 7.58. The average molecular weight is 221 g/mol. The van der Waals surface area contributed by atoms with Crippen molar-refractivity contribution in [2.24, 2.45) is 0 Å². The van der Waals surface area contributed by atoms with Crippen molar-refractivity contribution in [1.29, 1.82) is 0 Å². The second kappa shape index (κ2) is 3.84. The molecule has 2 rings (SSSR count).